The third kappa shape index (κ3) is 2.86. The van der Waals surface area contributed by atoms with Crippen LogP contribution in [0.3, 0.4) is 0 Å². The van der Waals surface area contributed by atoms with E-state index in [9.17, 15) is 4.39 Å². The van der Waals surface area contributed by atoms with Crippen molar-refractivity contribution in [1.82, 2.24) is 25.4 Å². The standard InChI is InChI=1S/C16H18FN7/c1-10-3-2-8-24(9-10)16-19-14(13-15(20-16)22-23-21-13)18-12-6-4-11(17)5-7-12/h4-7,10H,2-3,8-9H2,1H3,(H2,18,19,20,21,22,23). The molecule has 1 unspecified atom stereocenters. The lowest BCUT2D eigenvalue weighted by Gasteiger charge is -2.30. The third-order valence-corrected chi connectivity index (χ3v) is 4.22. The molecule has 24 heavy (non-hydrogen) atoms. The Kier molecular flexibility index (Phi) is 3.72. The molecular weight excluding hydrogens is 309 g/mol. The molecule has 1 aliphatic rings. The molecule has 1 atom stereocenters. The molecule has 0 aliphatic carbocycles. The number of rotatable bonds is 3. The van der Waals surface area contributed by atoms with Crippen LogP contribution in [0.1, 0.15) is 19.8 Å². The fourth-order valence-corrected chi connectivity index (χ4v) is 3.00. The Balaban J connectivity index is 1.70. The largest absolute Gasteiger partial charge is 0.340 e. The number of hydrogen-bond acceptors (Lipinski definition) is 6. The lowest BCUT2D eigenvalue weighted by molar-refractivity contribution is 0.442. The molecule has 2 N–H and O–H groups in total. The molecule has 7 nitrogen and oxygen atoms in total. The monoisotopic (exact) mass is 327 g/mol. The van der Waals surface area contributed by atoms with Crippen LogP contribution in [0.15, 0.2) is 24.3 Å². The van der Waals surface area contributed by atoms with Gasteiger partial charge in [-0.1, -0.05) is 6.92 Å². The summed E-state index contributed by atoms with van der Waals surface area (Å²) in [5.74, 6) is 1.54. The summed E-state index contributed by atoms with van der Waals surface area (Å²) in [7, 11) is 0. The molecule has 0 bridgehead atoms. The molecule has 124 valence electrons. The van der Waals surface area contributed by atoms with Crippen LogP contribution in [0.5, 0.6) is 0 Å². The highest BCUT2D eigenvalue weighted by molar-refractivity contribution is 5.85. The summed E-state index contributed by atoms with van der Waals surface area (Å²) in [6, 6.07) is 6.12. The van der Waals surface area contributed by atoms with Crippen molar-refractivity contribution in [2.24, 2.45) is 5.92 Å². The molecule has 1 aromatic carbocycles. The lowest BCUT2D eigenvalue weighted by Crippen LogP contribution is -2.35. The number of aromatic amines is 1. The van der Waals surface area contributed by atoms with Gasteiger partial charge in [-0.3, -0.25) is 0 Å². The maximum atomic E-state index is 13.1. The number of aromatic nitrogens is 5. The number of nitrogens with zero attached hydrogens (tertiary/aromatic N) is 5. The Hall–Kier alpha value is -2.77. The van der Waals surface area contributed by atoms with Crippen molar-refractivity contribution in [1.29, 1.82) is 0 Å². The van der Waals surface area contributed by atoms with Crippen LogP contribution in [0.2, 0.25) is 0 Å². The second-order valence-corrected chi connectivity index (χ2v) is 6.19. The van der Waals surface area contributed by atoms with Gasteiger partial charge in [-0.15, -0.1) is 5.10 Å². The number of piperidine rings is 1. The van der Waals surface area contributed by atoms with E-state index in [1.54, 1.807) is 12.1 Å². The van der Waals surface area contributed by atoms with E-state index in [4.69, 9.17) is 0 Å². The summed E-state index contributed by atoms with van der Waals surface area (Å²) < 4.78 is 13.1. The smallest absolute Gasteiger partial charge is 0.229 e. The predicted molar refractivity (Wildman–Crippen MR) is 89.8 cm³/mol. The average Bonchev–Trinajstić information content (AvgIpc) is 3.06. The van der Waals surface area contributed by atoms with Crippen molar-refractivity contribution in [2.75, 3.05) is 23.3 Å². The van der Waals surface area contributed by atoms with Gasteiger partial charge in [0, 0.05) is 18.8 Å². The van der Waals surface area contributed by atoms with Crippen LogP contribution in [-0.2, 0) is 0 Å². The molecule has 4 rings (SSSR count). The zero-order valence-electron chi connectivity index (χ0n) is 13.3. The predicted octanol–water partition coefficient (Wildman–Crippen LogP) is 2.87. The minimum Gasteiger partial charge on any atom is -0.340 e. The van der Waals surface area contributed by atoms with E-state index in [0.29, 0.717) is 28.8 Å². The number of H-pyrrole nitrogens is 1. The van der Waals surface area contributed by atoms with Gasteiger partial charge in [0.15, 0.2) is 11.3 Å². The second kappa shape index (κ2) is 6.03. The van der Waals surface area contributed by atoms with Crippen molar-refractivity contribution in [3.05, 3.63) is 30.1 Å². The van der Waals surface area contributed by atoms with Crippen molar-refractivity contribution in [2.45, 2.75) is 19.8 Å². The van der Waals surface area contributed by atoms with Crippen molar-refractivity contribution in [3.63, 3.8) is 0 Å². The summed E-state index contributed by atoms with van der Waals surface area (Å²) in [5.41, 5.74) is 1.81. The van der Waals surface area contributed by atoms with E-state index in [-0.39, 0.29) is 5.82 Å². The zero-order valence-corrected chi connectivity index (χ0v) is 13.3. The number of nitrogens with one attached hydrogen (secondary N) is 2. The number of benzene rings is 1. The van der Waals surface area contributed by atoms with Crippen LogP contribution < -0.4 is 10.2 Å². The van der Waals surface area contributed by atoms with Gasteiger partial charge in [-0.2, -0.15) is 20.3 Å². The number of anilines is 3. The first-order valence-electron chi connectivity index (χ1n) is 8.05. The Morgan fingerprint density at radius 3 is 2.83 bits per heavy atom. The quantitative estimate of drug-likeness (QED) is 0.770. The number of halogens is 1. The molecule has 0 spiro atoms. The zero-order chi connectivity index (χ0) is 16.5. The summed E-state index contributed by atoms with van der Waals surface area (Å²) in [4.78, 5) is 11.3. The first kappa shape index (κ1) is 14.8. The van der Waals surface area contributed by atoms with Crippen LogP contribution in [0.25, 0.3) is 11.2 Å². The minimum atomic E-state index is -0.280. The first-order valence-corrected chi connectivity index (χ1v) is 8.05. The average molecular weight is 327 g/mol. The van der Waals surface area contributed by atoms with Gasteiger partial charge in [0.2, 0.25) is 11.6 Å². The summed E-state index contributed by atoms with van der Waals surface area (Å²) >= 11 is 0. The van der Waals surface area contributed by atoms with Crippen LogP contribution in [0.4, 0.5) is 21.8 Å². The van der Waals surface area contributed by atoms with E-state index in [2.05, 4.69) is 42.5 Å². The molecule has 0 amide bonds. The highest BCUT2D eigenvalue weighted by Crippen LogP contribution is 2.26. The van der Waals surface area contributed by atoms with Gasteiger partial charge in [0.05, 0.1) is 0 Å². The van der Waals surface area contributed by atoms with Crippen LogP contribution in [-0.4, -0.2) is 38.5 Å². The van der Waals surface area contributed by atoms with Gasteiger partial charge in [0.25, 0.3) is 0 Å². The molecule has 0 saturated carbocycles. The molecule has 3 aromatic rings. The molecule has 1 saturated heterocycles. The van der Waals surface area contributed by atoms with Gasteiger partial charge in [-0.25, -0.2) is 4.39 Å². The number of hydrogen-bond donors (Lipinski definition) is 2. The Bertz CT molecular complexity index is 845. The van der Waals surface area contributed by atoms with E-state index in [1.165, 1.54) is 18.6 Å². The maximum absolute atomic E-state index is 13.1. The second-order valence-electron chi connectivity index (χ2n) is 6.19. The highest BCUT2D eigenvalue weighted by atomic mass is 19.1. The Morgan fingerprint density at radius 1 is 1.21 bits per heavy atom. The lowest BCUT2D eigenvalue weighted by atomic mass is 10.0. The van der Waals surface area contributed by atoms with Crippen LogP contribution >= 0.6 is 0 Å². The summed E-state index contributed by atoms with van der Waals surface area (Å²) in [5, 5.41) is 14.0. The SMILES string of the molecule is CC1CCCN(c2nc(Nc3ccc(F)cc3)c3n[nH]nc3n2)C1. The molecule has 2 aromatic heterocycles. The minimum absolute atomic E-state index is 0.280. The maximum Gasteiger partial charge on any atom is 0.229 e. The summed E-state index contributed by atoms with van der Waals surface area (Å²) in [6.45, 7) is 4.10. The topological polar surface area (TPSA) is 82.6 Å². The van der Waals surface area contributed by atoms with E-state index < -0.39 is 0 Å². The molecule has 0 radical (unpaired) electrons. The molecule has 1 fully saturated rings. The fourth-order valence-electron chi connectivity index (χ4n) is 3.00. The molecule has 3 heterocycles. The van der Waals surface area contributed by atoms with Gasteiger partial charge in [-0.05, 0) is 43.0 Å². The Morgan fingerprint density at radius 2 is 2.04 bits per heavy atom. The van der Waals surface area contributed by atoms with Gasteiger partial charge >= 0.3 is 0 Å². The van der Waals surface area contributed by atoms with Crippen molar-refractivity contribution in [3.8, 4) is 0 Å². The van der Waals surface area contributed by atoms with Crippen molar-refractivity contribution < 1.29 is 4.39 Å². The summed E-state index contributed by atoms with van der Waals surface area (Å²) in [6.07, 6.45) is 2.35. The Labute approximate surface area is 138 Å². The highest BCUT2D eigenvalue weighted by Gasteiger charge is 2.21. The molecular formula is C16H18FN7. The van der Waals surface area contributed by atoms with Gasteiger partial charge in [0.1, 0.15) is 5.82 Å². The third-order valence-electron chi connectivity index (χ3n) is 4.22. The van der Waals surface area contributed by atoms with E-state index in [1.807, 2.05) is 0 Å². The van der Waals surface area contributed by atoms with E-state index in [0.717, 1.165) is 25.2 Å². The first-order chi connectivity index (χ1) is 11.7. The van der Waals surface area contributed by atoms with Crippen LogP contribution in [0, 0.1) is 11.7 Å². The molecule has 8 heteroatoms. The fraction of sp³-hybridized carbons (Fsp3) is 0.375. The molecule has 1 aliphatic heterocycles. The van der Waals surface area contributed by atoms with E-state index >= 15 is 0 Å². The normalized spacial score (nSPS) is 18.1. The van der Waals surface area contributed by atoms with Gasteiger partial charge < -0.3 is 10.2 Å². The van der Waals surface area contributed by atoms with Crippen molar-refractivity contribution >= 4 is 28.6 Å². The number of fused-ring (bicyclic) bond motifs is 1.